The zero-order valence-electron chi connectivity index (χ0n) is 11.8. The van der Waals surface area contributed by atoms with Crippen LogP contribution in [0.1, 0.15) is 19.3 Å². The van der Waals surface area contributed by atoms with Crippen molar-refractivity contribution in [3.63, 3.8) is 0 Å². The number of hydrogen-bond acceptors (Lipinski definition) is 4. The van der Waals surface area contributed by atoms with Crippen molar-refractivity contribution in [2.75, 3.05) is 19.6 Å². The van der Waals surface area contributed by atoms with Crippen LogP contribution in [-0.2, 0) is 10.0 Å². The Kier molecular flexibility index (Phi) is 5.51. The second-order valence-electron chi connectivity index (χ2n) is 5.04. The smallest absolute Gasteiger partial charge is 0.242 e. The van der Waals surface area contributed by atoms with E-state index in [1.807, 2.05) is 0 Å². The van der Waals surface area contributed by atoms with E-state index in [0.717, 1.165) is 6.54 Å². The number of nitrogens with zero attached hydrogens (tertiary/aromatic N) is 2. The summed E-state index contributed by atoms with van der Waals surface area (Å²) in [6, 6.07) is 3.08. The van der Waals surface area contributed by atoms with Gasteiger partial charge in [-0.05, 0) is 30.9 Å². The lowest BCUT2D eigenvalue weighted by atomic mass is 9.86. The molecule has 4 N–H and O–H groups in total. The summed E-state index contributed by atoms with van der Waals surface area (Å²) in [5, 5.41) is 2.90. The Morgan fingerprint density at radius 3 is 2.86 bits per heavy atom. The first-order valence-corrected chi connectivity index (χ1v) is 8.50. The van der Waals surface area contributed by atoms with Crippen molar-refractivity contribution in [3.05, 3.63) is 24.5 Å². The Morgan fingerprint density at radius 1 is 1.43 bits per heavy atom. The SMILES string of the molecule is NC(=NCC1CCC1)NCCNS(=O)(=O)c1cccnc1. The fourth-order valence-electron chi connectivity index (χ4n) is 1.92. The molecule has 1 fully saturated rings. The molecule has 1 heterocycles. The van der Waals surface area contributed by atoms with Crippen LogP contribution >= 0.6 is 0 Å². The molecule has 0 aliphatic heterocycles. The Hall–Kier alpha value is -1.67. The van der Waals surface area contributed by atoms with Gasteiger partial charge >= 0.3 is 0 Å². The molecule has 0 radical (unpaired) electrons. The van der Waals surface area contributed by atoms with E-state index in [1.54, 1.807) is 6.07 Å². The molecule has 1 saturated carbocycles. The number of aliphatic imine (C=N–C) groups is 1. The van der Waals surface area contributed by atoms with Crippen molar-refractivity contribution in [1.82, 2.24) is 15.0 Å². The highest BCUT2D eigenvalue weighted by Crippen LogP contribution is 2.26. The van der Waals surface area contributed by atoms with Crippen LogP contribution in [0.5, 0.6) is 0 Å². The fraction of sp³-hybridized carbons (Fsp3) is 0.538. The summed E-state index contributed by atoms with van der Waals surface area (Å²) in [5.41, 5.74) is 5.71. The van der Waals surface area contributed by atoms with E-state index in [0.29, 0.717) is 18.4 Å². The highest BCUT2D eigenvalue weighted by molar-refractivity contribution is 7.89. The molecule has 0 bridgehead atoms. The summed E-state index contributed by atoms with van der Waals surface area (Å²) in [7, 11) is -3.51. The minimum absolute atomic E-state index is 0.150. The van der Waals surface area contributed by atoms with Gasteiger partial charge in [0.15, 0.2) is 5.96 Å². The van der Waals surface area contributed by atoms with Crippen LogP contribution in [0.3, 0.4) is 0 Å². The second-order valence-corrected chi connectivity index (χ2v) is 6.80. The van der Waals surface area contributed by atoms with Crippen LogP contribution in [0.25, 0.3) is 0 Å². The molecule has 1 aliphatic carbocycles. The molecule has 0 aromatic carbocycles. The first-order valence-electron chi connectivity index (χ1n) is 7.01. The first-order chi connectivity index (χ1) is 10.1. The third-order valence-electron chi connectivity index (χ3n) is 3.41. The summed E-state index contributed by atoms with van der Waals surface area (Å²) >= 11 is 0. The summed E-state index contributed by atoms with van der Waals surface area (Å²) < 4.78 is 26.3. The van der Waals surface area contributed by atoms with Gasteiger partial charge in [-0.25, -0.2) is 13.1 Å². The average Bonchev–Trinajstić information content (AvgIpc) is 2.43. The Bertz CT molecular complexity index is 569. The molecule has 2 rings (SSSR count). The molecule has 0 amide bonds. The molecular weight excluding hydrogens is 290 g/mol. The third kappa shape index (κ3) is 4.98. The van der Waals surface area contributed by atoms with Gasteiger partial charge in [0.1, 0.15) is 4.90 Å². The molecule has 0 spiro atoms. The third-order valence-corrected chi connectivity index (χ3v) is 4.86. The van der Waals surface area contributed by atoms with E-state index in [9.17, 15) is 8.42 Å². The molecule has 0 saturated heterocycles. The number of nitrogens with one attached hydrogen (secondary N) is 2. The quantitative estimate of drug-likeness (QED) is 0.375. The Morgan fingerprint density at radius 2 is 2.24 bits per heavy atom. The molecule has 1 aliphatic rings. The maximum Gasteiger partial charge on any atom is 0.242 e. The van der Waals surface area contributed by atoms with E-state index in [4.69, 9.17) is 5.73 Å². The number of guanidine groups is 1. The Labute approximate surface area is 125 Å². The monoisotopic (exact) mass is 311 g/mol. The van der Waals surface area contributed by atoms with E-state index >= 15 is 0 Å². The van der Waals surface area contributed by atoms with Crippen LogP contribution in [0.4, 0.5) is 0 Å². The summed E-state index contributed by atoms with van der Waals surface area (Å²) in [4.78, 5) is 8.17. The second kappa shape index (κ2) is 7.37. The van der Waals surface area contributed by atoms with Crippen LogP contribution < -0.4 is 15.8 Å². The van der Waals surface area contributed by atoms with Crippen LogP contribution in [0, 0.1) is 5.92 Å². The number of rotatable bonds is 7. The van der Waals surface area contributed by atoms with Gasteiger partial charge in [0.25, 0.3) is 0 Å². The van der Waals surface area contributed by atoms with Crippen molar-refractivity contribution in [3.8, 4) is 0 Å². The zero-order chi connectivity index (χ0) is 15.1. The number of nitrogens with two attached hydrogens (primary N) is 1. The molecule has 7 nitrogen and oxygen atoms in total. The molecule has 0 atom stereocenters. The standard InChI is InChI=1S/C13H21N5O2S/c14-13(17-9-11-3-1-4-11)16-7-8-18-21(19,20)12-5-2-6-15-10-12/h2,5-6,10-11,18H,1,3-4,7-9H2,(H3,14,16,17). The van der Waals surface area contributed by atoms with Gasteiger partial charge in [-0.1, -0.05) is 6.42 Å². The fourth-order valence-corrected chi connectivity index (χ4v) is 2.92. The lowest BCUT2D eigenvalue weighted by molar-refractivity contribution is 0.326. The van der Waals surface area contributed by atoms with E-state index in [2.05, 4.69) is 20.0 Å². The van der Waals surface area contributed by atoms with Crippen LogP contribution in [0.15, 0.2) is 34.4 Å². The van der Waals surface area contributed by atoms with E-state index in [-0.39, 0.29) is 11.4 Å². The predicted molar refractivity (Wildman–Crippen MR) is 81.3 cm³/mol. The molecule has 1 aromatic rings. The molecule has 1 aromatic heterocycles. The number of sulfonamides is 1. The maximum atomic E-state index is 11.9. The molecule has 116 valence electrons. The van der Waals surface area contributed by atoms with Crippen molar-refractivity contribution in [2.24, 2.45) is 16.6 Å². The average molecular weight is 311 g/mol. The lowest BCUT2D eigenvalue weighted by Crippen LogP contribution is -2.38. The number of hydrogen-bond donors (Lipinski definition) is 3. The number of pyridine rings is 1. The van der Waals surface area contributed by atoms with E-state index < -0.39 is 10.0 Å². The zero-order valence-corrected chi connectivity index (χ0v) is 12.6. The normalized spacial score (nSPS) is 16.5. The highest BCUT2D eigenvalue weighted by atomic mass is 32.2. The van der Waals surface area contributed by atoms with Gasteiger partial charge in [0.05, 0.1) is 0 Å². The van der Waals surface area contributed by atoms with Gasteiger partial charge in [0, 0.05) is 32.0 Å². The number of aromatic nitrogens is 1. The van der Waals surface area contributed by atoms with Crippen molar-refractivity contribution in [2.45, 2.75) is 24.2 Å². The summed E-state index contributed by atoms with van der Waals surface area (Å²) in [5.74, 6) is 1.02. The van der Waals surface area contributed by atoms with Crippen molar-refractivity contribution >= 4 is 16.0 Å². The minimum atomic E-state index is -3.51. The van der Waals surface area contributed by atoms with Crippen LogP contribution in [0.2, 0.25) is 0 Å². The predicted octanol–water partition coefficient (Wildman–Crippen LogP) is 0.0643. The lowest BCUT2D eigenvalue weighted by Gasteiger charge is -2.23. The van der Waals surface area contributed by atoms with Gasteiger partial charge in [-0.2, -0.15) is 0 Å². The summed E-state index contributed by atoms with van der Waals surface area (Å²) in [6.07, 6.45) is 6.57. The summed E-state index contributed by atoms with van der Waals surface area (Å²) in [6.45, 7) is 1.37. The van der Waals surface area contributed by atoms with Crippen LogP contribution in [-0.4, -0.2) is 39.0 Å². The van der Waals surface area contributed by atoms with Gasteiger partial charge in [0.2, 0.25) is 10.0 Å². The molecule has 8 heteroatoms. The molecule has 21 heavy (non-hydrogen) atoms. The van der Waals surface area contributed by atoms with Crippen molar-refractivity contribution < 1.29 is 8.42 Å². The first kappa shape index (κ1) is 15.7. The van der Waals surface area contributed by atoms with Gasteiger partial charge in [-0.3, -0.25) is 9.98 Å². The van der Waals surface area contributed by atoms with E-state index in [1.165, 1.54) is 37.7 Å². The van der Waals surface area contributed by atoms with Gasteiger partial charge < -0.3 is 11.1 Å². The maximum absolute atomic E-state index is 11.9. The highest BCUT2D eigenvalue weighted by Gasteiger charge is 2.16. The molecule has 0 unspecified atom stereocenters. The van der Waals surface area contributed by atoms with Gasteiger partial charge in [-0.15, -0.1) is 0 Å². The Balaban J connectivity index is 1.69. The topological polar surface area (TPSA) is 109 Å². The minimum Gasteiger partial charge on any atom is -0.370 e. The molecular formula is C13H21N5O2S. The van der Waals surface area contributed by atoms with Crippen molar-refractivity contribution in [1.29, 1.82) is 0 Å². The largest absolute Gasteiger partial charge is 0.370 e.